The number of aromatic nitrogens is 2. The highest BCUT2D eigenvalue weighted by atomic mass is 16.3. The van der Waals surface area contributed by atoms with Gasteiger partial charge in [0.2, 0.25) is 5.91 Å². The number of nitrogens with zero attached hydrogens (tertiary/aromatic N) is 4. The van der Waals surface area contributed by atoms with Crippen LogP contribution in [-0.2, 0) is 17.9 Å². The number of hydrogen-bond acceptors (Lipinski definition) is 4. The SMILES string of the molecule is Cc1nc2ccccn2c1CN(C)C(=O)[C@@H]1CCCN(Cc2ccco2)C1. The summed E-state index contributed by atoms with van der Waals surface area (Å²) in [6.07, 6.45) is 5.70. The molecule has 1 atom stereocenters. The summed E-state index contributed by atoms with van der Waals surface area (Å²) >= 11 is 0. The molecular formula is C21H26N4O2. The first kappa shape index (κ1) is 17.8. The number of likely N-dealkylation sites (tertiary alicyclic amines) is 1. The van der Waals surface area contributed by atoms with Crippen molar-refractivity contribution in [3.63, 3.8) is 0 Å². The van der Waals surface area contributed by atoms with E-state index >= 15 is 0 Å². The lowest BCUT2D eigenvalue weighted by Crippen LogP contribution is -2.43. The lowest BCUT2D eigenvalue weighted by Gasteiger charge is -2.33. The van der Waals surface area contributed by atoms with E-state index in [0.717, 1.165) is 55.3 Å². The first-order chi connectivity index (χ1) is 13.1. The van der Waals surface area contributed by atoms with Crippen LogP contribution in [0.3, 0.4) is 0 Å². The normalized spacial score (nSPS) is 18.1. The van der Waals surface area contributed by atoms with E-state index in [1.54, 1.807) is 6.26 Å². The lowest BCUT2D eigenvalue weighted by molar-refractivity contribution is -0.136. The fourth-order valence-electron chi connectivity index (χ4n) is 3.99. The highest BCUT2D eigenvalue weighted by molar-refractivity contribution is 5.79. The molecule has 0 unspecified atom stereocenters. The highest BCUT2D eigenvalue weighted by Crippen LogP contribution is 2.22. The second-order valence-corrected chi connectivity index (χ2v) is 7.42. The second kappa shape index (κ2) is 7.56. The highest BCUT2D eigenvalue weighted by Gasteiger charge is 2.29. The minimum Gasteiger partial charge on any atom is -0.468 e. The molecule has 6 nitrogen and oxygen atoms in total. The average molecular weight is 366 g/mol. The number of hydrogen-bond donors (Lipinski definition) is 0. The van der Waals surface area contributed by atoms with Crippen molar-refractivity contribution in [2.75, 3.05) is 20.1 Å². The molecule has 1 aliphatic rings. The zero-order valence-electron chi connectivity index (χ0n) is 16.0. The predicted molar refractivity (Wildman–Crippen MR) is 103 cm³/mol. The van der Waals surface area contributed by atoms with E-state index in [0.29, 0.717) is 6.54 Å². The van der Waals surface area contributed by atoms with Gasteiger partial charge in [-0.15, -0.1) is 0 Å². The third-order valence-electron chi connectivity index (χ3n) is 5.41. The van der Waals surface area contributed by atoms with Crippen LogP contribution in [0.15, 0.2) is 47.2 Å². The molecule has 0 aliphatic carbocycles. The van der Waals surface area contributed by atoms with Gasteiger partial charge in [-0.1, -0.05) is 6.07 Å². The lowest BCUT2D eigenvalue weighted by atomic mass is 9.96. The molecule has 1 fully saturated rings. The van der Waals surface area contributed by atoms with Gasteiger partial charge in [-0.05, 0) is 50.6 Å². The fraction of sp³-hybridized carbons (Fsp3) is 0.429. The van der Waals surface area contributed by atoms with Crippen molar-refractivity contribution in [1.29, 1.82) is 0 Å². The van der Waals surface area contributed by atoms with Crippen LogP contribution >= 0.6 is 0 Å². The van der Waals surface area contributed by atoms with Crippen molar-refractivity contribution >= 4 is 11.6 Å². The number of furan rings is 1. The molecule has 142 valence electrons. The molecular weight excluding hydrogens is 340 g/mol. The Morgan fingerprint density at radius 3 is 3.04 bits per heavy atom. The van der Waals surface area contributed by atoms with E-state index in [-0.39, 0.29) is 11.8 Å². The van der Waals surface area contributed by atoms with Crippen LogP contribution in [0.25, 0.3) is 5.65 Å². The Morgan fingerprint density at radius 2 is 2.22 bits per heavy atom. The van der Waals surface area contributed by atoms with Gasteiger partial charge in [0.1, 0.15) is 11.4 Å². The molecule has 0 bridgehead atoms. The standard InChI is InChI=1S/C21H26N4O2/c1-16-19(25-11-4-3-9-20(25)22-16)15-23(2)21(26)17-7-5-10-24(13-17)14-18-8-6-12-27-18/h3-4,6,8-9,11-12,17H,5,7,10,13-15H2,1-2H3/t17-/m1/s1. The molecule has 4 heterocycles. The quantitative estimate of drug-likeness (QED) is 0.696. The topological polar surface area (TPSA) is 54.0 Å². The number of rotatable bonds is 5. The monoisotopic (exact) mass is 366 g/mol. The number of carbonyl (C=O) groups is 1. The summed E-state index contributed by atoms with van der Waals surface area (Å²) in [4.78, 5) is 21.8. The molecule has 0 radical (unpaired) electrons. The Balaban J connectivity index is 1.43. The summed E-state index contributed by atoms with van der Waals surface area (Å²) < 4.78 is 7.53. The van der Waals surface area contributed by atoms with Crippen molar-refractivity contribution < 1.29 is 9.21 Å². The van der Waals surface area contributed by atoms with Crippen molar-refractivity contribution in [2.24, 2.45) is 5.92 Å². The first-order valence-corrected chi connectivity index (χ1v) is 9.54. The van der Waals surface area contributed by atoms with Crippen molar-refractivity contribution in [3.05, 3.63) is 59.9 Å². The van der Waals surface area contributed by atoms with Crippen LogP contribution in [0.2, 0.25) is 0 Å². The third-order valence-corrected chi connectivity index (χ3v) is 5.41. The van der Waals surface area contributed by atoms with Crippen LogP contribution in [0.4, 0.5) is 0 Å². The van der Waals surface area contributed by atoms with Gasteiger partial charge in [-0.25, -0.2) is 4.98 Å². The molecule has 27 heavy (non-hydrogen) atoms. The molecule has 1 saturated heterocycles. The van der Waals surface area contributed by atoms with E-state index in [2.05, 4.69) is 14.3 Å². The van der Waals surface area contributed by atoms with Gasteiger partial charge in [0.05, 0.1) is 36.7 Å². The fourth-order valence-corrected chi connectivity index (χ4v) is 3.99. The number of imidazole rings is 1. The largest absolute Gasteiger partial charge is 0.468 e. The minimum absolute atomic E-state index is 0.0400. The van der Waals surface area contributed by atoms with Crippen molar-refractivity contribution in [3.8, 4) is 0 Å². The molecule has 1 aliphatic heterocycles. The molecule has 1 amide bonds. The average Bonchev–Trinajstić information content (AvgIpc) is 3.29. The summed E-state index contributed by atoms with van der Waals surface area (Å²) in [5.74, 6) is 1.21. The van der Waals surface area contributed by atoms with E-state index < -0.39 is 0 Å². The number of pyridine rings is 1. The van der Waals surface area contributed by atoms with Gasteiger partial charge in [-0.2, -0.15) is 0 Å². The third kappa shape index (κ3) is 3.76. The molecule has 3 aromatic heterocycles. The zero-order valence-corrected chi connectivity index (χ0v) is 16.0. The molecule has 6 heteroatoms. The van der Waals surface area contributed by atoms with Crippen molar-refractivity contribution in [2.45, 2.75) is 32.9 Å². The van der Waals surface area contributed by atoms with Gasteiger partial charge in [0.15, 0.2) is 0 Å². The van der Waals surface area contributed by atoms with E-state index in [1.165, 1.54) is 0 Å². The number of aryl methyl sites for hydroxylation is 1. The van der Waals surface area contributed by atoms with Gasteiger partial charge in [0, 0.05) is 19.8 Å². The Bertz CT molecular complexity index is 916. The molecule has 0 saturated carbocycles. The number of amides is 1. The van der Waals surface area contributed by atoms with Crippen molar-refractivity contribution in [1.82, 2.24) is 19.2 Å². The number of carbonyl (C=O) groups excluding carboxylic acids is 1. The zero-order chi connectivity index (χ0) is 18.8. The van der Waals surface area contributed by atoms with Crippen LogP contribution < -0.4 is 0 Å². The molecule has 4 rings (SSSR count). The van der Waals surface area contributed by atoms with E-state index in [9.17, 15) is 4.79 Å². The van der Waals surface area contributed by atoms with Gasteiger partial charge in [0.25, 0.3) is 0 Å². The first-order valence-electron chi connectivity index (χ1n) is 9.54. The summed E-state index contributed by atoms with van der Waals surface area (Å²) in [5.41, 5.74) is 2.97. The Kier molecular flexibility index (Phi) is 4.99. The minimum atomic E-state index is 0.0400. The van der Waals surface area contributed by atoms with E-state index in [4.69, 9.17) is 4.42 Å². The maximum absolute atomic E-state index is 13.1. The molecule has 0 aromatic carbocycles. The van der Waals surface area contributed by atoms with Crippen LogP contribution in [0.1, 0.15) is 30.0 Å². The summed E-state index contributed by atoms with van der Waals surface area (Å²) in [5, 5.41) is 0. The Hall–Kier alpha value is -2.60. The van der Waals surface area contributed by atoms with Crippen LogP contribution in [0, 0.1) is 12.8 Å². The Morgan fingerprint density at radius 1 is 1.33 bits per heavy atom. The second-order valence-electron chi connectivity index (χ2n) is 7.42. The van der Waals surface area contributed by atoms with Gasteiger partial charge < -0.3 is 13.7 Å². The number of piperidine rings is 1. The van der Waals surface area contributed by atoms with Crippen LogP contribution in [-0.4, -0.2) is 45.2 Å². The molecule has 0 spiro atoms. The summed E-state index contributed by atoms with van der Waals surface area (Å²) in [6, 6.07) is 9.87. The van der Waals surface area contributed by atoms with Crippen LogP contribution in [0.5, 0.6) is 0 Å². The smallest absolute Gasteiger partial charge is 0.227 e. The maximum atomic E-state index is 13.1. The van der Waals surface area contributed by atoms with Gasteiger partial charge in [-0.3, -0.25) is 9.69 Å². The predicted octanol–water partition coefficient (Wildman–Crippen LogP) is 3.11. The molecule has 0 N–H and O–H groups in total. The Labute approximate surface area is 159 Å². The maximum Gasteiger partial charge on any atom is 0.227 e. The summed E-state index contributed by atoms with van der Waals surface area (Å²) in [6.45, 7) is 5.15. The number of fused-ring (bicyclic) bond motifs is 1. The summed E-state index contributed by atoms with van der Waals surface area (Å²) in [7, 11) is 1.90. The molecule has 3 aromatic rings. The van der Waals surface area contributed by atoms with Gasteiger partial charge >= 0.3 is 0 Å². The van der Waals surface area contributed by atoms with E-state index in [1.807, 2.05) is 55.4 Å².